The lowest BCUT2D eigenvalue weighted by Crippen LogP contribution is -2.09. The van der Waals surface area contributed by atoms with Crippen molar-refractivity contribution in [1.82, 2.24) is 0 Å². The molecule has 1 aliphatic heterocycles. The van der Waals surface area contributed by atoms with Crippen molar-refractivity contribution in [1.29, 1.82) is 0 Å². The molecular formula is C23H14BrNO4. The lowest BCUT2D eigenvalue weighted by Gasteiger charge is -2.06. The van der Waals surface area contributed by atoms with Crippen molar-refractivity contribution in [3.63, 3.8) is 0 Å². The van der Waals surface area contributed by atoms with E-state index in [9.17, 15) is 9.59 Å². The summed E-state index contributed by atoms with van der Waals surface area (Å²) < 4.78 is 11.3. The van der Waals surface area contributed by atoms with Gasteiger partial charge in [0.25, 0.3) is 0 Å². The fraction of sp³-hybridized carbons (Fsp3) is 0. The third-order valence-electron chi connectivity index (χ3n) is 4.13. The van der Waals surface area contributed by atoms with Crippen molar-refractivity contribution in [2.24, 2.45) is 4.99 Å². The number of esters is 2. The van der Waals surface area contributed by atoms with Gasteiger partial charge in [0.15, 0.2) is 5.70 Å². The molecule has 0 saturated heterocycles. The summed E-state index contributed by atoms with van der Waals surface area (Å²) in [4.78, 5) is 28.6. The monoisotopic (exact) mass is 447 g/mol. The van der Waals surface area contributed by atoms with Gasteiger partial charge in [-0.1, -0.05) is 42.5 Å². The summed E-state index contributed by atoms with van der Waals surface area (Å²) in [5.74, 6) is -0.287. The van der Waals surface area contributed by atoms with Gasteiger partial charge in [0.1, 0.15) is 5.75 Å². The molecule has 1 heterocycles. The highest BCUT2D eigenvalue weighted by Gasteiger charge is 2.23. The fourth-order valence-electron chi connectivity index (χ4n) is 2.69. The quantitative estimate of drug-likeness (QED) is 0.320. The molecular weight excluding hydrogens is 434 g/mol. The Labute approximate surface area is 175 Å². The maximum Gasteiger partial charge on any atom is 0.363 e. The summed E-state index contributed by atoms with van der Waals surface area (Å²) >= 11 is 3.33. The van der Waals surface area contributed by atoms with Crippen LogP contribution in [0.15, 0.2) is 94.0 Å². The number of benzene rings is 3. The van der Waals surface area contributed by atoms with Gasteiger partial charge in [-0.25, -0.2) is 14.6 Å². The number of rotatable bonds is 4. The summed E-state index contributed by atoms with van der Waals surface area (Å²) in [5, 5.41) is 0. The number of halogens is 1. The Kier molecular flexibility index (Phi) is 5.35. The minimum Gasteiger partial charge on any atom is -0.423 e. The largest absolute Gasteiger partial charge is 0.423 e. The van der Waals surface area contributed by atoms with E-state index in [-0.39, 0.29) is 11.6 Å². The van der Waals surface area contributed by atoms with Crippen LogP contribution in [0.2, 0.25) is 0 Å². The van der Waals surface area contributed by atoms with Crippen molar-refractivity contribution in [3.8, 4) is 5.75 Å². The smallest absolute Gasteiger partial charge is 0.363 e. The molecule has 142 valence electrons. The molecule has 0 N–H and O–H groups in total. The molecule has 0 spiro atoms. The summed E-state index contributed by atoms with van der Waals surface area (Å²) in [7, 11) is 0. The fourth-order valence-corrected chi connectivity index (χ4v) is 3.14. The molecule has 0 aromatic heterocycles. The average molecular weight is 448 g/mol. The number of hydrogen-bond donors (Lipinski definition) is 0. The van der Waals surface area contributed by atoms with Gasteiger partial charge < -0.3 is 9.47 Å². The van der Waals surface area contributed by atoms with Crippen LogP contribution < -0.4 is 4.74 Å². The van der Waals surface area contributed by atoms with Gasteiger partial charge in [0, 0.05) is 10.0 Å². The van der Waals surface area contributed by atoms with Gasteiger partial charge in [-0.15, -0.1) is 0 Å². The summed E-state index contributed by atoms with van der Waals surface area (Å²) in [6.45, 7) is 0. The van der Waals surface area contributed by atoms with E-state index in [0.29, 0.717) is 15.8 Å². The lowest BCUT2D eigenvalue weighted by atomic mass is 10.2. The first-order valence-corrected chi connectivity index (χ1v) is 9.54. The van der Waals surface area contributed by atoms with E-state index in [2.05, 4.69) is 20.9 Å². The normalized spacial score (nSPS) is 14.4. The van der Waals surface area contributed by atoms with Crippen LogP contribution >= 0.6 is 15.9 Å². The van der Waals surface area contributed by atoms with E-state index < -0.39 is 11.9 Å². The van der Waals surface area contributed by atoms with Gasteiger partial charge in [-0.3, -0.25) is 0 Å². The Morgan fingerprint density at radius 2 is 1.62 bits per heavy atom. The molecule has 0 amide bonds. The summed E-state index contributed by atoms with van der Waals surface area (Å²) in [6.07, 6.45) is 1.62. The molecule has 0 fully saturated rings. The Hall–Kier alpha value is -3.51. The van der Waals surface area contributed by atoms with Crippen molar-refractivity contribution < 1.29 is 19.1 Å². The number of aliphatic imine (C=N–C) groups is 1. The van der Waals surface area contributed by atoms with Crippen molar-refractivity contribution >= 4 is 39.8 Å². The first-order valence-electron chi connectivity index (χ1n) is 8.75. The SMILES string of the molecule is O=C1OC(c2ccccc2)=N/C1=C\c1ccc(OC(=O)c2ccccc2Br)cc1. The number of carbonyl (C=O) groups excluding carboxylic acids is 2. The van der Waals surface area contributed by atoms with Crippen LogP contribution in [-0.2, 0) is 9.53 Å². The third kappa shape index (κ3) is 4.33. The maximum atomic E-state index is 12.3. The molecule has 0 aliphatic carbocycles. The molecule has 0 bridgehead atoms. The van der Waals surface area contributed by atoms with Crippen molar-refractivity contribution in [3.05, 3.63) is 106 Å². The number of cyclic esters (lactones) is 1. The lowest BCUT2D eigenvalue weighted by molar-refractivity contribution is -0.129. The second-order valence-corrected chi connectivity index (χ2v) is 6.99. The van der Waals surface area contributed by atoms with E-state index >= 15 is 0 Å². The minimum absolute atomic E-state index is 0.210. The van der Waals surface area contributed by atoms with Crippen LogP contribution in [0.4, 0.5) is 0 Å². The van der Waals surface area contributed by atoms with Crippen LogP contribution in [0.25, 0.3) is 6.08 Å². The molecule has 4 rings (SSSR count). The van der Waals surface area contributed by atoms with Crippen LogP contribution in [0.5, 0.6) is 5.75 Å². The first kappa shape index (κ1) is 18.8. The zero-order chi connectivity index (χ0) is 20.2. The van der Waals surface area contributed by atoms with Crippen LogP contribution in [0.1, 0.15) is 21.5 Å². The molecule has 3 aromatic rings. The van der Waals surface area contributed by atoms with Crippen LogP contribution in [0.3, 0.4) is 0 Å². The zero-order valence-corrected chi connectivity index (χ0v) is 16.6. The second kappa shape index (κ2) is 8.24. The maximum absolute atomic E-state index is 12.3. The van der Waals surface area contributed by atoms with Crippen LogP contribution in [-0.4, -0.2) is 17.8 Å². The molecule has 5 nitrogen and oxygen atoms in total. The topological polar surface area (TPSA) is 65.0 Å². The molecule has 0 atom stereocenters. The second-order valence-electron chi connectivity index (χ2n) is 6.14. The van der Waals surface area contributed by atoms with Gasteiger partial charge in [0.05, 0.1) is 5.56 Å². The molecule has 6 heteroatoms. The third-order valence-corrected chi connectivity index (χ3v) is 4.82. The molecule has 29 heavy (non-hydrogen) atoms. The number of ether oxygens (including phenoxy) is 2. The Bertz CT molecular complexity index is 1140. The standard InChI is InChI=1S/C23H14BrNO4/c24-19-9-5-4-8-18(19)22(26)28-17-12-10-15(11-13-17)14-20-23(27)29-21(25-20)16-6-2-1-3-7-16/h1-14H/b20-14-. The zero-order valence-electron chi connectivity index (χ0n) is 15.0. The van der Waals surface area contributed by atoms with E-state index in [1.165, 1.54) is 0 Å². The summed E-state index contributed by atoms with van der Waals surface area (Å²) in [6, 6.07) is 23.0. The van der Waals surface area contributed by atoms with E-state index in [1.54, 1.807) is 48.5 Å². The highest BCUT2D eigenvalue weighted by Crippen LogP contribution is 2.22. The number of nitrogens with zero attached hydrogens (tertiary/aromatic N) is 1. The minimum atomic E-state index is -0.506. The molecule has 0 saturated carbocycles. The molecule has 3 aromatic carbocycles. The molecule has 0 unspecified atom stereocenters. The molecule has 0 radical (unpaired) electrons. The van der Waals surface area contributed by atoms with Crippen LogP contribution in [0, 0.1) is 0 Å². The van der Waals surface area contributed by atoms with Gasteiger partial charge in [-0.2, -0.15) is 0 Å². The highest BCUT2D eigenvalue weighted by atomic mass is 79.9. The average Bonchev–Trinajstić information content (AvgIpc) is 3.11. The van der Waals surface area contributed by atoms with Crippen molar-refractivity contribution in [2.45, 2.75) is 0 Å². The summed E-state index contributed by atoms with van der Waals surface area (Å²) in [5.41, 5.74) is 2.12. The van der Waals surface area contributed by atoms with Gasteiger partial charge in [0.2, 0.25) is 5.90 Å². The van der Waals surface area contributed by atoms with Crippen molar-refractivity contribution in [2.75, 3.05) is 0 Å². The highest BCUT2D eigenvalue weighted by molar-refractivity contribution is 9.10. The Morgan fingerprint density at radius 3 is 2.34 bits per heavy atom. The Balaban J connectivity index is 1.49. The molecule has 1 aliphatic rings. The van der Waals surface area contributed by atoms with Gasteiger partial charge >= 0.3 is 11.9 Å². The predicted molar refractivity (Wildman–Crippen MR) is 113 cm³/mol. The Morgan fingerprint density at radius 1 is 0.931 bits per heavy atom. The first-order chi connectivity index (χ1) is 14.1. The van der Waals surface area contributed by atoms with E-state index in [1.807, 2.05) is 36.4 Å². The number of hydrogen-bond acceptors (Lipinski definition) is 5. The van der Waals surface area contributed by atoms with Gasteiger partial charge in [-0.05, 0) is 64.0 Å². The number of carbonyl (C=O) groups is 2. The predicted octanol–water partition coefficient (Wildman–Crippen LogP) is 5.01. The van der Waals surface area contributed by atoms with E-state index in [4.69, 9.17) is 9.47 Å². The van der Waals surface area contributed by atoms with E-state index in [0.717, 1.165) is 11.1 Å².